The van der Waals surface area contributed by atoms with Crippen molar-refractivity contribution in [2.75, 3.05) is 14.1 Å². The molecule has 0 fully saturated rings. The van der Waals surface area contributed by atoms with E-state index in [0.29, 0.717) is 10.7 Å². The second kappa shape index (κ2) is 16.9. The van der Waals surface area contributed by atoms with Gasteiger partial charge >= 0.3 is 0 Å². The number of carbonyl (C=O) groups excluding carboxylic acids is 1. The zero-order valence-corrected chi connectivity index (χ0v) is 13.7. The number of nitrogens with two attached hydrogens (primary N) is 2. The van der Waals surface area contributed by atoms with Gasteiger partial charge in [-0.15, -0.1) is 0 Å². The van der Waals surface area contributed by atoms with Crippen LogP contribution in [0.15, 0.2) is 35.3 Å². The topological polar surface area (TPSA) is 93.5 Å². The van der Waals surface area contributed by atoms with E-state index in [1.165, 1.54) is 7.05 Å². The maximum absolute atomic E-state index is 10.9. The summed E-state index contributed by atoms with van der Waals surface area (Å²) in [5, 5.41) is 4.90. The van der Waals surface area contributed by atoms with Crippen molar-refractivity contribution in [3.8, 4) is 0 Å². The number of hydrogen-bond donors (Lipinski definition) is 3. The van der Waals surface area contributed by atoms with Crippen molar-refractivity contribution in [2.45, 2.75) is 0 Å². The molecule has 103 valence electrons. The molecule has 0 saturated heterocycles. The number of benzene rings is 1. The van der Waals surface area contributed by atoms with Crippen LogP contribution in [-0.2, 0) is 18.6 Å². The Balaban J connectivity index is -0.000000275. The molecule has 1 aromatic carbocycles. The monoisotopic (exact) mass is 335 g/mol. The van der Waals surface area contributed by atoms with Gasteiger partial charge in [-0.05, 0) is 43.6 Å². The molecule has 0 bridgehead atoms. The van der Waals surface area contributed by atoms with Crippen LogP contribution in [0.4, 0.5) is 0 Å². The van der Waals surface area contributed by atoms with Crippen LogP contribution in [0.2, 0.25) is 0 Å². The smallest absolute Gasteiger partial charge is 0.285 e. The third-order valence-electron chi connectivity index (χ3n) is 1.41. The predicted molar refractivity (Wildman–Crippen MR) is 81.8 cm³/mol. The van der Waals surface area contributed by atoms with Crippen LogP contribution in [0, 0.1) is 0 Å². The van der Waals surface area contributed by atoms with Crippen LogP contribution < -0.4 is 16.8 Å². The fourth-order valence-corrected chi connectivity index (χ4v) is 0.770. The maximum Gasteiger partial charge on any atom is 0.285 e. The number of nitrogens with one attached hydrogen (secondary N) is 1. The van der Waals surface area contributed by atoms with Gasteiger partial charge in [0.2, 0.25) is 0 Å². The molecule has 1 rings (SSSR count). The Labute approximate surface area is 135 Å². The molecule has 0 spiro atoms. The zero-order chi connectivity index (χ0) is 14.4. The van der Waals surface area contributed by atoms with Crippen LogP contribution >= 0.6 is 24.4 Å². The second-order valence-electron chi connectivity index (χ2n) is 2.49. The normalized spacial score (nSPS) is 6.89. The number of amides is 1. The SMILES string of the molecule is CN.CNC(N)=S.O=C(N=C=S)c1ccccc1.[V]. The third-order valence-corrected chi connectivity index (χ3v) is 1.71. The molecular weight excluding hydrogens is 319 g/mol. The standard InChI is InChI=1S/C8H5NOS.C2H6N2S.CH5N.V/c10-8(9-6-11)7-4-2-1-3-5-7;1-4-2(3)5;1-2;/h1-5H;1H3,(H3,3,4,5);2H2,1H3;. The average Bonchev–Trinajstić information content (AvgIpc) is 2.43. The summed E-state index contributed by atoms with van der Waals surface area (Å²) in [6.07, 6.45) is 0. The van der Waals surface area contributed by atoms with Crippen molar-refractivity contribution in [2.24, 2.45) is 16.5 Å². The van der Waals surface area contributed by atoms with Crippen molar-refractivity contribution in [3.05, 3.63) is 35.9 Å². The van der Waals surface area contributed by atoms with Gasteiger partial charge in [0.25, 0.3) is 5.91 Å². The van der Waals surface area contributed by atoms with E-state index in [1.54, 1.807) is 31.3 Å². The minimum absolute atomic E-state index is 0. The zero-order valence-electron chi connectivity index (χ0n) is 10.7. The first-order valence-electron chi connectivity index (χ1n) is 4.84. The molecule has 0 aromatic heterocycles. The molecule has 0 atom stereocenters. The van der Waals surface area contributed by atoms with E-state index in [1.807, 2.05) is 11.2 Å². The summed E-state index contributed by atoms with van der Waals surface area (Å²) in [6, 6.07) is 8.73. The van der Waals surface area contributed by atoms with Crippen molar-refractivity contribution >= 4 is 40.6 Å². The van der Waals surface area contributed by atoms with E-state index in [9.17, 15) is 4.79 Å². The second-order valence-corrected chi connectivity index (χ2v) is 3.11. The third kappa shape index (κ3) is 14.9. The summed E-state index contributed by atoms with van der Waals surface area (Å²) in [4.78, 5) is 14.3. The summed E-state index contributed by atoms with van der Waals surface area (Å²) in [7, 11) is 3.18. The van der Waals surface area contributed by atoms with Gasteiger partial charge in [-0.3, -0.25) is 4.79 Å². The van der Waals surface area contributed by atoms with E-state index >= 15 is 0 Å². The van der Waals surface area contributed by atoms with Gasteiger partial charge in [0, 0.05) is 31.2 Å². The Kier molecular flexibility index (Phi) is 20.5. The van der Waals surface area contributed by atoms with E-state index in [2.05, 4.69) is 40.5 Å². The van der Waals surface area contributed by atoms with Gasteiger partial charge in [-0.1, -0.05) is 18.2 Å². The minimum atomic E-state index is -0.347. The molecule has 1 amide bonds. The van der Waals surface area contributed by atoms with E-state index in [-0.39, 0.29) is 24.5 Å². The van der Waals surface area contributed by atoms with Gasteiger partial charge < -0.3 is 16.8 Å². The van der Waals surface area contributed by atoms with Crippen molar-refractivity contribution in [1.82, 2.24) is 5.32 Å². The number of carbonyl (C=O) groups is 1. The Morgan fingerprint density at radius 1 is 1.32 bits per heavy atom. The van der Waals surface area contributed by atoms with E-state index in [4.69, 9.17) is 5.73 Å². The number of nitrogens with zero attached hydrogens (tertiary/aromatic N) is 1. The number of rotatable bonds is 1. The van der Waals surface area contributed by atoms with Gasteiger partial charge in [0.15, 0.2) is 5.11 Å². The molecule has 1 radical (unpaired) electrons. The molecule has 19 heavy (non-hydrogen) atoms. The van der Waals surface area contributed by atoms with Crippen LogP contribution in [0.25, 0.3) is 0 Å². The Morgan fingerprint density at radius 2 is 1.74 bits per heavy atom. The summed E-state index contributed by atoms with van der Waals surface area (Å²) in [5.41, 5.74) is 9.94. The molecule has 8 heteroatoms. The number of thiocarbonyl (C=S) groups is 2. The molecule has 5 N–H and O–H groups in total. The predicted octanol–water partition coefficient (Wildman–Crippen LogP) is 0.951. The van der Waals surface area contributed by atoms with Crippen LogP contribution in [0.3, 0.4) is 0 Å². The molecule has 0 saturated carbocycles. The fraction of sp³-hybridized carbons (Fsp3) is 0.182. The summed E-state index contributed by atoms with van der Waals surface area (Å²) in [5.74, 6) is -0.347. The van der Waals surface area contributed by atoms with Crippen LogP contribution in [0.5, 0.6) is 0 Å². The van der Waals surface area contributed by atoms with Crippen LogP contribution in [-0.4, -0.2) is 30.3 Å². The van der Waals surface area contributed by atoms with Gasteiger partial charge in [-0.2, -0.15) is 4.99 Å². The molecular formula is C11H16N4OS2V. The fourth-order valence-electron chi connectivity index (χ4n) is 0.687. The van der Waals surface area contributed by atoms with Crippen molar-refractivity contribution in [1.29, 1.82) is 0 Å². The largest absolute Gasteiger partial charge is 0.376 e. The van der Waals surface area contributed by atoms with Gasteiger partial charge in [-0.25, -0.2) is 0 Å². The Bertz CT molecular complexity index is 408. The van der Waals surface area contributed by atoms with Gasteiger partial charge in [0.05, 0.1) is 5.16 Å². The molecule has 0 heterocycles. The quantitative estimate of drug-likeness (QED) is 0.523. The summed E-state index contributed by atoms with van der Waals surface area (Å²) in [6.45, 7) is 0. The molecule has 1 aromatic rings. The molecule has 0 aliphatic carbocycles. The number of aliphatic imine (C=N–C) groups is 1. The first-order chi connectivity index (χ1) is 8.61. The summed E-state index contributed by atoms with van der Waals surface area (Å²) < 4.78 is 0. The molecule has 5 nitrogen and oxygen atoms in total. The van der Waals surface area contributed by atoms with Crippen molar-refractivity contribution in [3.63, 3.8) is 0 Å². The first kappa shape index (κ1) is 23.1. The van der Waals surface area contributed by atoms with Crippen LogP contribution in [0.1, 0.15) is 10.4 Å². The average molecular weight is 335 g/mol. The number of hydrogen-bond acceptors (Lipinski definition) is 4. The molecule has 0 unspecified atom stereocenters. The molecule has 0 aliphatic rings. The van der Waals surface area contributed by atoms with Crippen molar-refractivity contribution < 1.29 is 23.4 Å². The maximum atomic E-state index is 10.9. The Morgan fingerprint density at radius 3 is 2.05 bits per heavy atom. The summed E-state index contributed by atoms with van der Waals surface area (Å²) >= 11 is 8.65. The van der Waals surface area contributed by atoms with E-state index in [0.717, 1.165) is 0 Å². The van der Waals surface area contributed by atoms with E-state index < -0.39 is 0 Å². The first-order valence-corrected chi connectivity index (χ1v) is 5.65. The Hall–Kier alpha value is -1.08. The minimum Gasteiger partial charge on any atom is -0.376 e. The number of isothiocyanates is 1. The molecule has 0 aliphatic heterocycles. The van der Waals surface area contributed by atoms with Gasteiger partial charge in [0.1, 0.15) is 0 Å².